The van der Waals surface area contributed by atoms with Gasteiger partial charge in [0.2, 0.25) is 5.82 Å². The zero-order chi connectivity index (χ0) is 32.6. The Morgan fingerprint density at radius 1 is 0.936 bits per heavy atom. The average molecular weight is 638 g/mol. The molecule has 1 atom stereocenters. The topological polar surface area (TPSA) is 148 Å². The molecule has 0 bridgehead atoms. The lowest BCUT2D eigenvalue weighted by molar-refractivity contribution is -0.181. The van der Waals surface area contributed by atoms with Gasteiger partial charge in [-0.2, -0.15) is 9.94 Å². The molecule has 0 unspecified atom stereocenters. The summed E-state index contributed by atoms with van der Waals surface area (Å²) in [4.78, 5) is 43.5. The largest absolute Gasteiger partial charge is 0.481 e. The maximum atomic E-state index is 14.6. The number of rotatable bonds is 15. The number of carbonyl (C=O) groups is 2. The van der Waals surface area contributed by atoms with Crippen molar-refractivity contribution in [2.24, 2.45) is 0 Å². The van der Waals surface area contributed by atoms with Crippen LogP contribution in [0.3, 0.4) is 0 Å². The van der Waals surface area contributed by atoms with E-state index in [1.807, 2.05) is 48.5 Å². The Morgan fingerprint density at radius 2 is 1.68 bits per heavy atom. The number of tetrazole rings is 1. The van der Waals surface area contributed by atoms with Crippen molar-refractivity contribution in [2.75, 3.05) is 6.54 Å². The zero-order valence-electron chi connectivity index (χ0n) is 26.5. The molecule has 47 heavy (non-hydrogen) atoms. The zero-order valence-corrected chi connectivity index (χ0v) is 26.5. The molecule has 2 aromatic heterocycles. The van der Waals surface area contributed by atoms with Gasteiger partial charge in [0.1, 0.15) is 11.3 Å². The van der Waals surface area contributed by atoms with Gasteiger partial charge in [0.25, 0.3) is 0 Å². The average Bonchev–Trinajstić information content (AvgIpc) is 3.84. The van der Waals surface area contributed by atoms with Crippen LogP contribution < -0.4 is 9.68 Å². The maximum Gasteiger partial charge on any atom is 0.356 e. The van der Waals surface area contributed by atoms with E-state index in [1.54, 1.807) is 29.3 Å². The molecule has 1 fully saturated rings. The fraction of sp³-hybridized carbons (Fsp3) is 0.371. The summed E-state index contributed by atoms with van der Waals surface area (Å²) in [7, 11) is 0. The third-order valence-corrected chi connectivity index (χ3v) is 8.69. The van der Waals surface area contributed by atoms with Gasteiger partial charge in [-0.25, -0.2) is 9.78 Å². The smallest absolute Gasteiger partial charge is 0.356 e. The predicted octanol–water partition coefficient (Wildman–Crippen LogP) is 6.04. The first-order chi connectivity index (χ1) is 23.0. The highest BCUT2D eigenvalue weighted by Crippen LogP contribution is 2.37. The van der Waals surface area contributed by atoms with Crippen LogP contribution in [0.2, 0.25) is 0 Å². The monoisotopic (exact) mass is 637 g/mol. The van der Waals surface area contributed by atoms with Crippen LogP contribution in [0.4, 0.5) is 0 Å². The van der Waals surface area contributed by atoms with Crippen LogP contribution in [-0.4, -0.2) is 64.5 Å². The van der Waals surface area contributed by atoms with Gasteiger partial charge >= 0.3 is 11.9 Å². The molecule has 0 spiro atoms. The summed E-state index contributed by atoms with van der Waals surface area (Å²) < 4.78 is 1.51. The molecule has 1 saturated heterocycles. The van der Waals surface area contributed by atoms with E-state index in [4.69, 9.17) is 19.8 Å². The van der Waals surface area contributed by atoms with Crippen LogP contribution in [0, 0.1) is 0 Å². The van der Waals surface area contributed by atoms with Crippen LogP contribution in [0.25, 0.3) is 33.8 Å². The maximum absolute atomic E-state index is 14.6. The number of aliphatic carboxylic acids is 1. The number of hydroxylamine groups is 2. The third kappa shape index (κ3) is 7.02. The van der Waals surface area contributed by atoms with Gasteiger partial charge in [-0.1, -0.05) is 94.0 Å². The summed E-state index contributed by atoms with van der Waals surface area (Å²) in [5.41, 5.74) is 2.32. The van der Waals surface area contributed by atoms with Crippen molar-refractivity contribution in [3.8, 4) is 28.5 Å². The summed E-state index contributed by atoms with van der Waals surface area (Å²) >= 11 is 0. The fourth-order valence-electron chi connectivity index (χ4n) is 6.29. The molecule has 0 amide bonds. The summed E-state index contributed by atoms with van der Waals surface area (Å²) in [6, 6.07) is 22.0. The van der Waals surface area contributed by atoms with E-state index in [9.17, 15) is 9.59 Å². The number of hydrogen-bond acceptors (Lipinski definition) is 9. The summed E-state index contributed by atoms with van der Waals surface area (Å²) in [5.74, 6) is 0.0469. The Hall–Kier alpha value is -5.10. The van der Waals surface area contributed by atoms with Crippen LogP contribution in [-0.2, 0) is 16.0 Å². The second kappa shape index (κ2) is 14.5. The molecule has 3 aromatic carbocycles. The Kier molecular flexibility index (Phi) is 9.86. The first kappa shape index (κ1) is 31.9. The Labute approximate surface area is 272 Å². The second-order valence-corrected chi connectivity index (χ2v) is 11.9. The molecular formula is C35H39N7O5. The van der Waals surface area contributed by atoms with E-state index in [0.717, 1.165) is 25.7 Å². The lowest BCUT2D eigenvalue weighted by Gasteiger charge is -2.35. The number of aromatic nitrogens is 6. The van der Waals surface area contributed by atoms with Crippen molar-refractivity contribution < 1.29 is 24.4 Å². The number of carboxylic acid groups (broad SMARTS) is 1. The Bertz CT molecular complexity index is 1800. The normalized spacial score (nSPS) is 16.4. The van der Waals surface area contributed by atoms with Gasteiger partial charge in [0.05, 0.1) is 11.9 Å². The first-order valence-corrected chi connectivity index (χ1v) is 16.3. The fourth-order valence-corrected chi connectivity index (χ4v) is 6.29. The molecule has 0 radical (unpaired) electrons. The quantitative estimate of drug-likeness (QED) is 0.130. The molecule has 3 heterocycles. The highest BCUT2D eigenvalue weighted by atomic mass is 16.7. The number of H-pyrrole nitrogens is 1. The van der Waals surface area contributed by atoms with Gasteiger partial charge in [0, 0.05) is 17.7 Å². The number of imidazole rings is 1. The number of carbonyl (C=O) groups excluding carboxylic acids is 1. The highest BCUT2D eigenvalue weighted by molar-refractivity contribution is 5.87. The summed E-state index contributed by atoms with van der Waals surface area (Å²) in [5, 5.41) is 25.5. The van der Waals surface area contributed by atoms with Gasteiger partial charge < -0.3 is 14.8 Å². The number of carboxylic acids is 1. The van der Waals surface area contributed by atoms with E-state index in [1.165, 1.54) is 24.0 Å². The van der Waals surface area contributed by atoms with Crippen molar-refractivity contribution in [3.63, 3.8) is 0 Å². The van der Waals surface area contributed by atoms with E-state index in [0.29, 0.717) is 64.5 Å². The lowest BCUT2D eigenvalue weighted by atomic mass is 9.90. The molecule has 1 aliphatic rings. The molecule has 1 aliphatic heterocycles. The molecule has 0 aliphatic carbocycles. The van der Waals surface area contributed by atoms with Crippen molar-refractivity contribution >= 4 is 23.0 Å². The lowest BCUT2D eigenvalue weighted by Crippen LogP contribution is -2.55. The predicted molar refractivity (Wildman–Crippen MR) is 175 cm³/mol. The molecule has 0 saturated carbocycles. The number of hydrogen-bond donors (Lipinski definition) is 2. The van der Waals surface area contributed by atoms with E-state index in [2.05, 4.69) is 27.5 Å². The molecule has 5 aromatic rings. The minimum Gasteiger partial charge on any atom is -0.481 e. The SMILES string of the molecule is CCCCCCCC[C@@]1(C(=O)On2c(-c3ccccc3-c3nn[nH]n3)nc3ccccc32)CCCN1Oc1ccc(CC(=O)O)cc1. The molecular weight excluding hydrogens is 598 g/mol. The van der Waals surface area contributed by atoms with E-state index in [-0.39, 0.29) is 6.42 Å². The van der Waals surface area contributed by atoms with E-state index < -0.39 is 17.5 Å². The van der Waals surface area contributed by atoms with Gasteiger partial charge in [0.15, 0.2) is 11.4 Å². The number of fused-ring (bicyclic) bond motifs is 1. The molecule has 244 valence electrons. The third-order valence-electron chi connectivity index (χ3n) is 8.69. The van der Waals surface area contributed by atoms with Crippen LogP contribution in [0.15, 0.2) is 72.8 Å². The van der Waals surface area contributed by atoms with Crippen LogP contribution >= 0.6 is 0 Å². The van der Waals surface area contributed by atoms with Crippen molar-refractivity contribution in [2.45, 2.75) is 76.7 Å². The number of nitrogens with one attached hydrogen (secondary N) is 1. The number of para-hydroxylation sites is 2. The number of nitrogens with zero attached hydrogens (tertiary/aromatic N) is 6. The van der Waals surface area contributed by atoms with E-state index >= 15 is 0 Å². The number of benzene rings is 3. The van der Waals surface area contributed by atoms with Gasteiger partial charge in [-0.05, 0) is 54.3 Å². The Balaban J connectivity index is 1.34. The Morgan fingerprint density at radius 3 is 2.45 bits per heavy atom. The summed E-state index contributed by atoms with van der Waals surface area (Å²) in [6.45, 7) is 2.74. The van der Waals surface area contributed by atoms with Crippen molar-refractivity contribution in [3.05, 3.63) is 78.4 Å². The van der Waals surface area contributed by atoms with Crippen molar-refractivity contribution in [1.82, 2.24) is 35.4 Å². The second-order valence-electron chi connectivity index (χ2n) is 11.9. The molecule has 12 nitrogen and oxygen atoms in total. The molecule has 2 N–H and O–H groups in total. The van der Waals surface area contributed by atoms with Gasteiger partial charge in [-0.3, -0.25) is 4.79 Å². The first-order valence-electron chi connectivity index (χ1n) is 16.3. The van der Waals surface area contributed by atoms with Gasteiger partial charge in [-0.15, -0.1) is 15.3 Å². The molecule has 12 heteroatoms. The summed E-state index contributed by atoms with van der Waals surface area (Å²) in [6.07, 6.45) is 8.29. The molecule has 6 rings (SSSR count). The van der Waals surface area contributed by atoms with Crippen molar-refractivity contribution in [1.29, 1.82) is 0 Å². The number of aromatic amines is 1. The van der Waals surface area contributed by atoms with Crippen LogP contribution in [0.1, 0.15) is 70.3 Å². The number of unbranched alkanes of at least 4 members (excludes halogenated alkanes) is 5. The standard InChI is InChI=1S/C35H39N7O5/c1-2-3-4-5-6-11-21-35(22-12-23-41(35)46-26-19-17-25(18-20-26)24-31(43)44)34(45)47-42-30-16-10-9-15-29(30)36-33(42)28-14-8-7-13-27(28)32-37-39-40-38-32/h7-10,13-20H,2-6,11-12,21-24H2,1H3,(H,43,44)(H,37,38,39,40)/t35-/m0/s1. The van der Waals surface area contributed by atoms with Crippen LogP contribution in [0.5, 0.6) is 5.75 Å². The minimum absolute atomic E-state index is 0.0741. The minimum atomic E-state index is -1.04. The highest BCUT2D eigenvalue weighted by Gasteiger charge is 2.51.